The maximum Gasteiger partial charge on any atom is 0.335 e. The van der Waals surface area contributed by atoms with Gasteiger partial charge in [-0.05, 0) is 24.2 Å². The molecule has 2 unspecified atom stereocenters. The summed E-state index contributed by atoms with van der Waals surface area (Å²) in [5.41, 5.74) is -1.55. The predicted octanol–water partition coefficient (Wildman–Crippen LogP) is 1.26. The molecule has 0 bridgehead atoms. The predicted molar refractivity (Wildman–Crippen MR) is 44.8 cm³/mol. The smallest absolute Gasteiger partial charge is 0.335 e. The molecule has 0 aliphatic heterocycles. The van der Waals surface area contributed by atoms with E-state index >= 15 is 0 Å². The van der Waals surface area contributed by atoms with Crippen LogP contribution in [0.1, 0.15) is 33.6 Å². The van der Waals surface area contributed by atoms with Crippen molar-refractivity contribution in [2.24, 2.45) is 11.3 Å². The van der Waals surface area contributed by atoms with Crippen molar-refractivity contribution in [3.05, 3.63) is 0 Å². The van der Waals surface area contributed by atoms with E-state index in [0.717, 1.165) is 6.42 Å². The monoisotopic (exact) mass is 172 g/mol. The van der Waals surface area contributed by atoms with Crippen LogP contribution in [0.15, 0.2) is 0 Å². The molecule has 0 saturated heterocycles. The molecular weight excluding hydrogens is 156 g/mol. The zero-order chi connectivity index (χ0) is 9.57. The zero-order valence-corrected chi connectivity index (χ0v) is 7.79. The minimum Gasteiger partial charge on any atom is -0.479 e. The molecule has 0 heterocycles. The third-order valence-corrected chi connectivity index (χ3v) is 2.79. The molecule has 12 heavy (non-hydrogen) atoms. The molecule has 0 aromatic carbocycles. The summed E-state index contributed by atoms with van der Waals surface area (Å²) in [5.74, 6) is -1.23. The van der Waals surface area contributed by atoms with Gasteiger partial charge in [-0.15, -0.1) is 0 Å². The molecule has 1 saturated carbocycles. The van der Waals surface area contributed by atoms with Crippen LogP contribution in [-0.2, 0) is 4.79 Å². The summed E-state index contributed by atoms with van der Waals surface area (Å²) in [6.45, 7) is 5.78. The van der Waals surface area contributed by atoms with Gasteiger partial charge in [-0.25, -0.2) is 4.79 Å². The van der Waals surface area contributed by atoms with Gasteiger partial charge in [0.05, 0.1) is 0 Å². The van der Waals surface area contributed by atoms with Crippen LogP contribution in [0.2, 0.25) is 0 Å². The Balaban J connectivity index is 2.89. The molecule has 1 aliphatic rings. The molecule has 0 radical (unpaired) electrons. The molecule has 0 amide bonds. The standard InChI is InChI=1S/C9H16O3/c1-6-4-8(2,3)5-9(6,12)7(10)11/h6,12H,4-5H2,1-3H3,(H,10,11). The minimum atomic E-state index is -1.50. The Hall–Kier alpha value is -0.570. The summed E-state index contributed by atoms with van der Waals surface area (Å²) < 4.78 is 0. The average Bonchev–Trinajstić information content (AvgIpc) is 2.03. The first-order chi connectivity index (χ1) is 5.28. The van der Waals surface area contributed by atoms with Gasteiger partial charge in [-0.2, -0.15) is 0 Å². The first kappa shape index (κ1) is 9.52. The number of carbonyl (C=O) groups is 1. The minimum absolute atomic E-state index is 0.0491. The molecule has 1 fully saturated rings. The lowest BCUT2D eigenvalue weighted by atomic mass is 9.89. The molecule has 1 aliphatic carbocycles. The maximum absolute atomic E-state index is 10.8. The van der Waals surface area contributed by atoms with Crippen LogP contribution < -0.4 is 0 Å². The first-order valence-electron chi connectivity index (χ1n) is 4.24. The number of aliphatic hydroxyl groups is 1. The van der Waals surface area contributed by atoms with Crippen molar-refractivity contribution in [1.29, 1.82) is 0 Å². The zero-order valence-electron chi connectivity index (χ0n) is 7.79. The van der Waals surface area contributed by atoms with Gasteiger partial charge in [-0.1, -0.05) is 20.8 Å². The molecule has 0 spiro atoms. The Kier molecular flexibility index (Phi) is 1.95. The average molecular weight is 172 g/mol. The van der Waals surface area contributed by atoms with E-state index in [0.29, 0.717) is 6.42 Å². The second-order valence-electron chi connectivity index (χ2n) is 4.68. The normalized spacial score (nSPS) is 39.8. The van der Waals surface area contributed by atoms with Gasteiger partial charge in [0.15, 0.2) is 5.60 Å². The van der Waals surface area contributed by atoms with Gasteiger partial charge in [-0.3, -0.25) is 0 Å². The van der Waals surface area contributed by atoms with Gasteiger partial charge in [0.2, 0.25) is 0 Å². The Labute approximate surface area is 72.4 Å². The lowest BCUT2D eigenvalue weighted by Gasteiger charge is -2.22. The highest BCUT2D eigenvalue weighted by molar-refractivity contribution is 5.78. The summed E-state index contributed by atoms with van der Waals surface area (Å²) in [5, 5.41) is 18.6. The largest absolute Gasteiger partial charge is 0.479 e. The number of hydrogen-bond acceptors (Lipinski definition) is 2. The van der Waals surface area contributed by atoms with Crippen molar-refractivity contribution >= 4 is 5.97 Å². The summed E-state index contributed by atoms with van der Waals surface area (Å²) >= 11 is 0. The highest BCUT2D eigenvalue weighted by Crippen LogP contribution is 2.47. The van der Waals surface area contributed by atoms with E-state index in [4.69, 9.17) is 5.11 Å². The summed E-state index contributed by atoms with van der Waals surface area (Å²) in [4.78, 5) is 10.8. The molecule has 1 rings (SSSR count). The van der Waals surface area contributed by atoms with Gasteiger partial charge in [0.25, 0.3) is 0 Å². The van der Waals surface area contributed by atoms with Crippen LogP contribution in [0, 0.1) is 11.3 Å². The van der Waals surface area contributed by atoms with Crippen molar-refractivity contribution in [3.63, 3.8) is 0 Å². The van der Waals surface area contributed by atoms with E-state index in [1.807, 2.05) is 13.8 Å². The van der Waals surface area contributed by atoms with E-state index in [1.54, 1.807) is 6.92 Å². The lowest BCUT2D eigenvalue weighted by molar-refractivity contribution is -0.162. The lowest BCUT2D eigenvalue weighted by Crippen LogP contribution is -2.41. The van der Waals surface area contributed by atoms with Crippen LogP contribution in [0.25, 0.3) is 0 Å². The quantitative estimate of drug-likeness (QED) is 0.626. The third kappa shape index (κ3) is 1.33. The van der Waals surface area contributed by atoms with Gasteiger partial charge >= 0.3 is 5.97 Å². The van der Waals surface area contributed by atoms with E-state index in [-0.39, 0.29) is 11.3 Å². The van der Waals surface area contributed by atoms with Crippen molar-refractivity contribution in [2.75, 3.05) is 0 Å². The molecular formula is C9H16O3. The van der Waals surface area contributed by atoms with E-state index in [2.05, 4.69) is 0 Å². The number of aliphatic carboxylic acids is 1. The SMILES string of the molecule is CC1CC(C)(C)CC1(O)C(=O)O. The van der Waals surface area contributed by atoms with Gasteiger partial charge < -0.3 is 10.2 Å². The maximum atomic E-state index is 10.8. The van der Waals surface area contributed by atoms with Crippen molar-refractivity contribution in [3.8, 4) is 0 Å². The molecule has 0 aromatic heterocycles. The summed E-state index contributed by atoms with van der Waals surface area (Å²) in [7, 11) is 0. The van der Waals surface area contributed by atoms with Crippen LogP contribution in [0.5, 0.6) is 0 Å². The van der Waals surface area contributed by atoms with Crippen LogP contribution in [0.3, 0.4) is 0 Å². The van der Waals surface area contributed by atoms with Crippen LogP contribution >= 0.6 is 0 Å². The van der Waals surface area contributed by atoms with E-state index in [1.165, 1.54) is 0 Å². The van der Waals surface area contributed by atoms with Gasteiger partial charge in [0.1, 0.15) is 0 Å². The van der Waals surface area contributed by atoms with E-state index in [9.17, 15) is 9.90 Å². The highest BCUT2D eigenvalue weighted by Gasteiger charge is 2.52. The number of carboxylic acid groups (broad SMARTS) is 1. The first-order valence-corrected chi connectivity index (χ1v) is 4.24. The Morgan fingerprint density at radius 1 is 1.50 bits per heavy atom. The molecule has 70 valence electrons. The Morgan fingerprint density at radius 3 is 2.17 bits per heavy atom. The molecule has 0 aromatic rings. The molecule has 2 atom stereocenters. The van der Waals surface area contributed by atoms with Gasteiger partial charge in [0, 0.05) is 0 Å². The highest BCUT2D eigenvalue weighted by atomic mass is 16.4. The van der Waals surface area contributed by atoms with E-state index < -0.39 is 11.6 Å². The number of carboxylic acids is 1. The second kappa shape index (κ2) is 2.46. The fourth-order valence-corrected chi connectivity index (χ4v) is 2.26. The van der Waals surface area contributed by atoms with Crippen molar-refractivity contribution < 1.29 is 15.0 Å². The van der Waals surface area contributed by atoms with Crippen molar-refractivity contribution in [2.45, 2.75) is 39.2 Å². The Bertz CT molecular complexity index is 210. The fourth-order valence-electron chi connectivity index (χ4n) is 2.26. The van der Waals surface area contributed by atoms with Crippen molar-refractivity contribution in [1.82, 2.24) is 0 Å². The summed E-state index contributed by atoms with van der Waals surface area (Å²) in [6.07, 6.45) is 1.13. The fraction of sp³-hybridized carbons (Fsp3) is 0.889. The summed E-state index contributed by atoms with van der Waals surface area (Å²) in [6, 6.07) is 0. The number of hydrogen-bond donors (Lipinski definition) is 2. The molecule has 3 heteroatoms. The van der Waals surface area contributed by atoms with Crippen LogP contribution in [0.4, 0.5) is 0 Å². The van der Waals surface area contributed by atoms with Crippen LogP contribution in [-0.4, -0.2) is 21.8 Å². The third-order valence-electron chi connectivity index (χ3n) is 2.79. The topological polar surface area (TPSA) is 57.5 Å². The number of rotatable bonds is 1. The second-order valence-corrected chi connectivity index (χ2v) is 4.68. The molecule has 2 N–H and O–H groups in total. The molecule has 3 nitrogen and oxygen atoms in total. The Morgan fingerprint density at radius 2 is 2.00 bits per heavy atom.